The Morgan fingerprint density at radius 1 is 1.37 bits per heavy atom. The van der Waals surface area contributed by atoms with Gasteiger partial charge in [0.05, 0.1) is 4.90 Å². The van der Waals surface area contributed by atoms with Crippen LogP contribution in [0.1, 0.15) is 18.4 Å². The molecule has 6 nitrogen and oxygen atoms in total. The molecule has 0 atom stereocenters. The molecule has 0 spiro atoms. The minimum atomic E-state index is -3.51. The third-order valence-corrected chi connectivity index (χ3v) is 4.08. The van der Waals surface area contributed by atoms with Crippen LogP contribution in [-0.2, 0) is 14.8 Å². The summed E-state index contributed by atoms with van der Waals surface area (Å²) in [5.41, 5.74) is 6.63. The number of sulfonamides is 1. The zero-order chi connectivity index (χ0) is 14.5. The number of hydrogen-bond acceptors (Lipinski definition) is 4. The normalized spacial score (nSPS) is 11.3. The number of hydrogen-bond donors (Lipinski definition) is 3. The lowest BCUT2D eigenvalue weighted by Crippen LogP contribution is -2.19. The Morgan fingerprint density at radius 2 is 2.05 bits per heavy atom. The van der Waals surface area contributed by atoms with Gasteiger partial charge in [0.15, 0.2) is 0 Å². The zero-order valence-electron chi connectivity index (χ0n) is 11.1. The van der Waals surface area contributed by atoms with Crippen LogP contribution in [0.3, 0.4) is 0 Å². The van der Waals surface area contributed by atoms with Gasteiger partial charge in [0, 0.05) is 12.1 Å². The molecule has 1 aromatic rings. The first-order valence-corrected chi connectivity index (χ1v) is 7.43. The standard InChI is InChI=1S/C12H19N3O3S/c1-9-5-6-10(19(17,18)14-2)8-11(9)15-12(16)4-3-7-13/h5-6,8,14H,3-4,7,13H2,1-2H3,(H,15,16). The van der Waals surface area contributed by atoms with Crippen molar-refractivity contribution in [3.8, 4) is 0 Å². The molecule has 0 aliphatic carbocycles. The Labute approximate surface area is 113 Å². The summed E-state index contributed by atoms with van der Waals surface area (Å²) in [6.07, 6.45) is 0.915. The van der Waals surface area contributed by atoms with Gasteiger partial charge in [-0.05, 0) is 44.6 Å². The maximum absolute atomic E-state index is 11.7. The second-order valence-corrected chi connectivity index (χ2v) is 6.01. The van der Waals surface area contributed by atoms with Crippen molar-refractivity contribution < 1.29 is 13.2 Å². The molecule has 0 saturated heterocycles. The second kappa shape index (κ2) is 6.65. The van der Waals surface area contributed by atoms with E-state index in [0.29, 0.717) is 25.1 Å². The fourth-order valence-corrected chi connectivity index (χ4v) is 2.25. The van der Waals surface area contributed by atoms with Gasteiger partial charge >= 0.3 is 0 Å². The quantitative estimate of drug-likeness (QED) is 0.711. The van der Waals surface area contributed by atoms with Crippen LogP contribution in [0.4, 0.5) is 5.69 Å². The molecule has 0 unspecified atom stereocenters. The number of nitrogens with one attached hydrogen (secondary N) is 2. The lowest BCUT2D eigenvalue weighted by Gasteiger charge is -2.10. The average Bonchev–Trinajstić information content (AvgIpc) is 2.38. The summed E-state index contributed by atoms with van der Waals surface area (Å²) < 4.78 is 25.6. The van der Waals surface area contributed by atoms with E-state index in [9.17, 15) is 13.2 Å². The number of rotatable bonds is 6. The molecule has 0 bridgehead atoms. The number of carbonyl (C=O) groups is 1. The van der Waals surface area contributed by atoms with E-state index in [2.05, 4.69) is 10.0 Å². The van der Waals surface area contributed by atoms with Crippen molar-refractivity contribution in [3.05, 3.63) is 23.8 Å². The number of anilines is 1. The van der Waals surface area contributed by atoms with Crippen molar-refractivity contribution in [2.45, 2.75) is 24.7 Å². The highest BCUT2D eigenvalue weighted by atomic mass is 32.2. The summed E-state index contributed by atoms with van der Waals surface area (Å²) in [4.78, 5) is 11.7. The summed E-state index contributed by atoms with van der Waals surface area (Å²) in [6.45, 7) is 2.24. The Balaban J connectivity index is 2.95. The van der Waals surface area contributed by atoms with Crippen molar-refractivity contribution in [1.29, 1.82) is 0 Å². The van der Waals surface area contributed by atoms with Crippen molar-refractivity contribution in [2.24, 2.45) is 5.73 Å². The molecule has 1 aromatic carbocycles. The molecule has 4 N–H and O–H groups in total. The number of benzene rings is 1. The summed E-state index contributed by atoms with van der Waals surface area (Å²) in [7, 11) is -2.17. The molecule has 0 aliphatic heterocycles. The molecule has 1 amide bonds. The molecule has 106 valence electrons. The van der Waals surface area contributed by atoms with Gasteiger partial charge in [0.1, 0.15) is 0 Å². The fraction of sp³-hybridized carbons (Fsp3) is 0.417. The minimum Gasteiger partial charge on any atom is -0.330 e. The summed E-state index contributed by atoms with van der Waals surface area (Å²) in [6, 6.07) is 4.60. The van der Waals surface area contributed by atoms with Gasteiger partial charge < -0.3 is 11.1 Å². The van der Waals surface area contributed by atoms with Crippen molar-refractivity contribution >= 4 is 21.6 Å². The number of aryl methyl sites for hydroxylation is 1. The Hall–Kier alpha value is -1.44. The molecule has 1 rings (SSSR count). The van der Waals surface area contributed by atoms with Crippen LogP contribution < -0.4 is 15.8 Å². The molecule has 0 heterocycles. The first-order valence-electron chi connectivity index (χ1n) is 5.95. The van der Waals surface area contributed by atoms with Gasteiger partial charge in [-0.3, -0.25) is 4.79 Å². The molecule has 19 heavy (non-hydrogen) atoms. The lowest BCUT2D eigenvalue weighted by atomic mass is 10.2. The second-order valence-electron chi connectivity index (χ2n) is 4.12. The Kier molecular flexibility index (Phi) is 5.46. The molecule has 0 radical (unpaired) electrons. The molecule has 0 fully saturated rings. The third-order valence-electron chi connectivity index (χ3n) is 2.67. The van der Waals surface area contributed by atoms with Gasteiger partial charge in [0.2, 0.25) is 15.9 Å². The molecule has 7 heteroatoms. The van der Waals surface area contributed by atoms with Crippen LogP contribution in [0.2, 0.25) is 0 Å². The molecule has 0 saturated carbocycles. The van der Waals surface area contributed by atoms with Gasteiger partial charge in [-0.15, -0.1) is 0 Å². The minimum absolute atomic E-state index is 0.120. The first kappa shape index (κ1) is 15.6. The molecular formula is C12H19N3O3S. The van der Waals surface area contributed by atoms with Crippen molar-refractivity contribution in [2.75, 3.05) is 18.9 Å². The van der Waals surface area contributed by atoms with Crippen LogP contribution in [-0.4, -0.2) is 27.9 Å². The largest absolute Gasteiger partial charge is 0.330 e. The molecule has 0 aromatic heterocycles. The van der Waals surface area contributed by atoms with Crippen LogP contribution >= 0.6 is 0 Å². The Morgan fingerprint density at radius 3 is 2.63 bits per heavy atom. The Bertz CT molecular complexity index is 555. The van der Waals surface area contributed by atoms with E-state index in [1.807, 2.05) is 0 Å². The summed E-state index contributed by atoms with van der Waals surface area (Å²) in [5.74, 6) is -0.174. The van der Waals surface area contributed by atoms with Crippen LogP contribution in [0.25, 0.3) is 0 Å². The van der Waals surface area contributed by atoms with E-state index in [0.717, 1.165) is 5.56 Å². The SMILES string of the molecule is CNS(=O)(=O)c1ccc(C)c(NC(=O)CCCN)c1. The fourth-order valence-electron chi connectivity index (χ4n) is 1.50. The topological polar surface area (TPSA) is 101 Å². The van der Waals surface area contributed by atoms with Gasteiger partial charge in [-0.2, -0.15) is 0 Å². The molecule has 0 aliphatic rings. The van der Waals surface area contributed by atoms with E-state index in [4.69, 9.17) is 5.73 Å². The highest BCUT2D eigenvalue weighted by Gasteiger charge is 2.13. The predicted octanol–water partition coefficient (Wildman–Crippen LogP) is 0.581. The summed E-state index contributed by atoms with van der Waals surface area (Å²) in [5, 5.41) is 2.69. The van der Waals surface area contributed by atoms with Gasteiger partial charge in [-0.25, -0.2) is 13.1 Å². The van der Waals surface area contributed by atoms with Crippen LogP contribution in [0.15, 0.2) is 23.1 Å². The van der Waals surface area contributed by atoms with Gasteiger partial charge in [0.25, 0.3) is 0 Å². The maximum Gasteiger partial charge on any atom is 0.240 e. The van der Waals surface area contributed by atoms with Crippen molar-refractivity contribution in [3.63, 3.8) is 0 Å². The predicted molar refractivity (Wildman–Crippen MR) is 74.3 cm³/mol. The van der Waals surface area contributed by atoms with E-state index in [1.165, 1.54) is 19.2 Å². The van der Waals surface area contributed by atoms with E-state index in [1.54, 1.807) is 13.0 Å². The summed E-state index contributed by atoms with van der Waals surface area (Å²) >= 11 is 0. The van der Waals surface area contributed by atoms with E-state index < -0.39 is 10.0 Å². The average molecular weight is 285 g/mol. The monoisotopic (exact) mass is 285 g/mol. The smallest absolute Gasteiger partial charge is 0.240 e. The van der Waals surface area contributed by atoms with Crippen LogP contribution in [0, 0.1) is 6.92 Å². The molecular weight excluding hydrogens is 266 g/mol. The van der Waals surface area contributed by atoms with E-state index >= 15 is 0 Å². The zero-order valence-corrected chi connectivity index (χ0v) is 11.9. The highest BCUT2D eigenvalue weighted by molar-refractivity contribution is 7.89. The van der Waals surface area contributed by atoms with Gasteiger partial charge in [-0.1, -0.05) is 6.07 Å². The first-order chi connectivity index (χ1) is 8.90. The lowest BCUT2D eigenvalue weighted by molar-refractivity contribution is -0.116. The third kappa shape index (κ3) is 4.30. The number of carbonyl (C=O) groups excluding carboxylic acids is 1. The highest BCUT2D eigenvalue weighted by Crippen LogP contribution is 2.20. The number of nitrogens with two attached hydrogens (primary N) is 1. The van der Waals surface area contributed by atoms with E-state index in [-0.39, 0.29) is 10.8 Å². The van der Waals surface area contributed by atoms with Crippen LogP contribution in [0.5, 0.6) is 0 Å². The maximum atomic E-state index is 11.7. The van der Waals surface area contributed by atoms with Crippen molar-refractivity contribution in [1.82, 2.24) is 4.72 Å². The number of amides is 1.